The minimum Gasteiger partial charge on any atom is -0.342 e. The highest BCUT2D eigenvalue weighted by Gasteiger charge is 2.37. The van der Waals surface area contributed by atoms with Gasteiger partial charge in [-0.05, 0) is 39.5 Å². The number of rotatable bonds is 3. The van der Waals surface area contributed by atoms with Gasteiger partial charge in [-0.25, -0.2) is 8.42 Å². The van der Waals surface area contributed by atoms with Crippen molar-refractivity contribution >= 4 is 15.9 Å². The molecule has 2 aliphatic heterocycles. The summed E-state index contributed by atoms with van der Waals surface area (Å²) in [7, 11) is -3.64. The van der Waals surface area contributed by atoms with Gasteiger partial charge in [-0.15, -0.1) is 0 Å². The molecule has 2 fully saturated rings. The number of carbonyl (C=O) groups excluding carboxylic acids is 1. The fraction of sp³-hybridized carbons (Fsp3) is 0.750. The van der Waals surface area contributed by atoms with E-state index in [2.05, 4.69) is 10.2 Å². The van der Waals surface area contributed by atoms with Gasteiger partial charge in [0.2, 0.25) is 15.9 Å². The minimum absolute atomic E-state index is 0.0624. The van der Waals surface area contributed by atoms with E-state index >= 15 is 0 Å². The molecule has 1 unspecified atom stereocenters. The summed E-state index contributed by atoms with van der Waals surface area (Å²) in [6, 6.07) is 0.166. The van der Waals surface area contributed by atoms with Crippen LogP contribution in [0, 0.1) is 19.8 Å². The molecule has 0 aromatic carbocycles. The van der Waals surface area contributed by atoms with E-state index in [1.165, 1.54) is 4.31 Å². The lowest BCUT2D eigenvalue weighted by Gasteiger charge is -2.36. The Morgan fingerprint density at radius 1 is 1.20 bits per heavy atom. The molecule has 3 N–H and O–H groups in total. The maximum absolute atomic E-state index is 13.0. The van der Waals surface area contributed by atoms with Crippen LogP contribution in [0.4, 0.5) is 0 Å². The fourth-order valence-corrected chi connectivity index (χ4v) is 5.65. The van der Waals surface area contributed by atoms with Crippen molar-refractivity contribution in [3.05, 3.63) is 11.4 Å². The number of amides is 1. The van der Waals surface area contributed by atoms with Gasteiger partial charge in [0.15, 0.2) is 0 Å². The minimum atomic E-state index is -3.64. The van der Waals surface area contributed by atoms with Gasteiger partial charge in [-0.3, -0.25) is 9.89 Å². The number of nitrogens with two attached hydrogens (primary N) is 1. The predicted molar refractivity (Wildman–Crippen MR) is 93.3 cm³/mol. The van der Waals surface area contributed by atoms with Gasteiger partial charge in [0.05, 0.1) is 17.3 Å². The summed E-state index contributed by atoms with van der Waals surface area (Å²) in [5, 5.41) is 6.72. The monoisotopic (exact) mass is 369 g/mol. The highest BCUT2D eigenvalue weighted by molar-refractivity contribution is 7.89. The van der Waals surface area contributed by atoms with Gasteiger partial charge in [0.25, 0.3) is 0 Å². The van der Waals surface area contributed by atoms with Crippen molar-refractivity contribution in [2.24, 2.45) is 11.7 Å². The predicted octanol–water partition coefficient (Wildman–Crippen LogP) is 0.377. The van der Waals surface area contributed by atoms with Crippen LogP contribution >= 0.6 is 0 Å². The third-order valence-corrected chi connectivity index (χ3v) is 7.37. The topological polar surface area (TPSA) is 112 Å². The Bertz CT molecular complexity index is 717. The summed E-state index contributed by atoms with van der Waals surface area (Å²) in [5.74, 6) is -0.210. The summed E-state index contributed by atoms with van der Waals surface area (Å²) < 4.78 is 27.4. The van der Waals surface area contributed by atoms with E-state index in [-0.39, 0.29) is 29.3 Å². The van der Waals surface area contributed by atoms with Crippen LogP contribution in [0.25, 0.3) is 0 Å². The molecule has 2 saturated heterocycles. The molecule has 1 aromatic rings. The van der Waals surface area contributed by atoms with Crippen LogP contribution in [0.5, 0.6) is 0 Å². The van der Waals surface area contributed by atoms with E-state index < -0.39 is 10.0 Å². The lowest BCUT2D eigenvalue weighted by Crippen LogP contribution is -2.50. The molecule has 0 radical (unpaired) electrons. The Morgan fingerprint density at radius 3 is 2.48 bits per heavy atom. The molecule has 140 valence electrons. The van der Waals surface area contributed by atoms with Gasteiger partial charge in [-0.1, -0.05) is 0 Å². The molecule has 8 nitrogen and oxygen atoms in total. The highest BCUT2D eigenvalue weighted by atomic mass is 32.2. The van der Waals surface area contributed by atoms with Crippen LogP contribution in [0.3, 0.4) is 0 Å². The number of hydrogen-bond donors (Lipinski definition) is 2. The van der Waals surface area contributed by atoms with E-state index in [0.29, 0.717) is 37.4 Å². The number of piperidine rings is 2. The van der Waals surface area contributed by atoms with Crippen molar-refractivity contribution < 1.29 is 13.2 Å². The highest BCUT2D eigenvalue weighted by Crippen LogP contribution is 2.28. The van der Waals surface area contributed by atoms with Crippen LogP contribution < -0.4 is 5.73 Å². The summed E-state index contributed by atoms with van der Waals surface area (Å²) in [4.78, 5) is 14.9. The van der Waals surface area contributed by atoms with Gasteiger partial charge >= 0.3 is 0 Å². The average molecular weight is 369 g/mol. The van der Waals surface area contributed by atoms with Crippen molar-refractivity contribution in [1.29, 1.82) is 0 Å². The van der Waals surface area contributed by atoms with E-state index in [1.54, 1.807) is 13.8 Å². The largest absolute Gasteiger partial charge is 0.342 e. The summed E-state index contributed by atoms with van der Waals surface area (Å²) >= 11 is 0. The maximum atomic E-state index is 13.0. The summed E-state index contributed by atoms with van der Waals surface area (Å²) in [6.45, 7) is 5.41. The number of carbonyl (C=O) groups is 1. The van der Waals surface area contributed by atoms with Crippen molar-refractivity contribution in [1.82, 2.24) is 19.4 Å². The number of nitrogens with zero attached hydrogens (tertiary/aromatic N) is 3. The number of H-pyrrole nitrogens is 1. The number of aromatic nitrogens is 2. The number of aromatic amines is 1. The first kappa shape index (κ1) is 18.3. The molecular formula is C16H27N5O3S. The first-order valence-corrected chi connectivity index (χ1v) is 10.3. The second kappa shape index (κ2) is 7.05. The summed E-state index contributed by atoms with van der Waals surface area (Å²) in [6.07, 6.45) is 3.05. The Morgan fingerprint density at radius 2 is 1.88 bits per heavy atom. The van der Waals surface area contributed by atoms with Crippen LogP contribution in [0.2, 0.25) is 0 Å². The first-order valence-electron chi connectivity index (χ1n) is 8.86. The first-order chi connectivity index (χ1) is 11.8. The van der Waals surface area contributed by atoms with E-state index in [4.69, 9.17) is 5.73 Å². The zero-order chi connectivity index (χ0) is 18.2. The zero-order valence-electron chi connectivity index (χ0n) is 14.9. The number of aryl methyl sites for hydroxylation is 2. The molecule has 1 atom stereocenters. The van der Waals surface area contributed by atoms with Crippen molar-refractivity contribution in [2.75, 3.05) is 26.2 Å². The SMILES string of the molecule is Cc1n[nH]c(C)c1S(=O)(=O)N1CCCC(C(=O)N2CCC(N)CC2)C1. The molecule has 9 heteroatoms. The van der Waals surface area contributed by atoms with Crippen molar-refractivity contribution in [3.8, 4) is 0 Å². The van der Waals surface area contributed by atoms with Gasteiger partial charge < -0.3 is 10.6 Å². The molecule has 1 aromatic heterocycles. The lowest BCUT2D eigenvalue weighted by molar-refractivity contribution is -0.137. The molecule has 0 spiro atoms. The van der Waals surface area contributed by atoms with Gasteiger partial charge in [0, 0.05) is 32.2 Å². The Labute approximate surface area is 148 Å². The number of likely N-dealkylation sites (tertiary alicyclic amines) is 1. The van der Waals surface area contributed by atoms with Gasteiger partial charge in [-0.2, -0.15) is 9.40 Å². The normalized spacial score (nSPS) is 23.8. The molecule has 0 bridgehead atoms. The van der Waals surface area contributed by atoms with E-state index in [1.807, 2.05) is 4.90 Å². The molecule has 0 aliphatic carbocycles. The van der Waals surface area contributed by atoms with Crippen LogP contribution in [0.1, 0.15) is 37.1 Å². The van der Waals surface area contributed by atoms with Crippen LogP contribution in [0.15, 0.2) is 4.90 Å². The Kier molecular flexibility index (Phi) is 5.17. The van der Waals surface area contributed by atoms with Gasteiger partial charge in [0.1, 0.15) is 4.90 Å². The zero-order valence-corrected chi connectivity index (χ0v) is 15.7. The standard InChI is InChI=1S/C16H27N5O3S/c1-11-15(12(2)19-18-11)25(23,24)21-7-3-4-13(10-21)16(22)20-8-5-14(17)6-9-20/h13-14H,3-10,17H2,1-2H3,(H,18,19). The molecule has 0 saturated carbocycles. The van der Waals surface area contributed by atoms with Crippen LogP contribution in [-0.4, -0.2) is 65.9 Å². The number of hydrogen-bond acceptors (Lipinski definition) is 5. The second-order valence-electron chi connectivity index (χ2n) is 7.13. The smallest absolute Gasteiger partial charge is 0.246 e. The number of nitrogens with one attached hydrogen (secondary N) is 1. The lowest BCUT2D eigenvalue weighted by atomic mass is 9.96. The quantitative estimate of drug-likeness (QED) is 0.800. The Balaban J connectivity index is 1.74. The molecule has 25 heavy (non-hydrogen) atoms. The third kappa shape index (κ3) is 3.58. The average Bonchev–Trinajstić information content (AvgIpc) is 2.94. The molecular weight excluding hydrogens is 342 g/mol. The number of sulfonamides is 1. The van der Waals surface area contributed by atoms with E-state index in [9.17, 15) is 13.2 Å². The van der Waals surface area contributed by atoms with E-state index in [0.717, 1.165) is 19.3 Å². The van der Waals surface area contributed by atoms with Crippen LogP contribution in [-0.2, 0) is 14.8 Å². The summed E-state index contributed by atoms with van der Waals surface area (Å²) in [5.41, 5.74) is 6.91. The Hall–Kier alpha value is -1.45. The molecule has 2 aliphatic rings. The third-order valence-electron chi connectivity index (χ3n) is 5.24. The molecule has 3 heterocycles. The van der Waals surface area contributed by atoms with Crippen molar-refractivity contribution in [2.45, 2.75) is 50.5 Å². The maximum Gasteiger partial charge on any atom is 0.246 e. The van der Waals surface area contributed by atoms with Crippen molar-refractivity contribution in [3.63, 3.8) is 0 Å². The molecule has 3 rings (SSSR count). The molecule has 1 amide bonds. The second-order valence-corrected chi connectivity index (χ2v) is 9.00. The fourth-order valence-electron chi connectivity index (χ4n) is 3.79.